The lowest BCUT2D eigenvalue weighted by molar-refractivity contribution is -0.185. The zero-order valence-electron chi connectivity index (χ0n) is 18.1. The zero-order chi connectivity index (χ0) is 26.6. The van der Waals surface area contributed by atoms with Crippen molar-refractivity contribution in [2.24, 2.45) is 5.92 Å². The number of aromatic nitrogens is 1. The highest BCUT2D eigenvalue weighted by molar-refractivity contribution is 6.35. The molecule has 1 saturated heterocycles. The first-order valence-corrected chi connectivity index (χ1v) is 11.4. The third-order valence-corrected chi connectivity index (χ3v) is 7.04. The Kier molecular flexibility index (Phi) is 6.83. The van der Waals surface area contributed by atoms with Crippen molar-refractivity contribution in [3.05, 3.63) is 56.7 Å². The molecular formula is C22H17Cl2F8N3O. The molecule has 1 unspecified atom stereocenters. The first-order chi connectivity index (χ1) is 16.7. The van der Waals surface area contributed by atoms with Crippen LogP contribution in [0, 0.1) is 17.6 Å². The molecule has 2 heterocycles. The van der Waals surface area contributed by atoms with Crippen molar-refractivity contribution in [2.75, 3.05) is 18.0 Å². The van der Waals surface area contributed by atoms with Gasteiger partial charge in [0, 0.05) is 42.9 Å². The number of carbonyl (C=O) groups excluding carboxylic acids is 1. The summed E-state index contributed by atoms with van der Waals surface area (Å²) in [6.45, 7) is -1.90. The Bertz CT molecular complexity index is 1200. The van der Waals surface area contributed by atoms with Gasteiger partial charge in [0.05, 0.1) is 10.6 Å². The molecule has 36 heavy (non-hydrogen) atoms. The molecule has 1 saturated carbocycles. The van der Waals surface area contributed by atoms with Crippen molar-refractivity contribution in [2.45, 2.75) is 43.6 Å². The molecule has 14 heteroatoms. The van der Waals surface area contributed by atoms with Crippen LogP contribution in [0.2, 0.25) is 10.0 Å². The zero-order valence-corrected chi connectivity index (χ0v) is 19.6. The summed E-state index contributed by atoms with van der Waals surface area (Å²) in [6.07, 6.45) is -8.61. The monoisotopic (exact) mass is 561 g/mol. The average Bonchev–Trinajstić information content (AvgIpc) is 3.55. The second-order valence-electron chi connectivity index (χ2n) is 8.79. The van der Waals surface area contributed by atoms with E-state index in [2.05, 4.69) is 10.3 Å². The molecule has 196 valence electrons. The molecule has 0 bridgehead atoms. The molecule has 1 atom stereocenters. The molecule has 0 spiro atoms. The normalized spacial score (nSPS) is 20.7. The van der Waals surface area contributed by atoms with Crippen LogP contribution < -0.4 is 10.2 Å². The van der Waals surface area contributed by atoms with E-state index >= 15 is 0 Å². The minimum absolute atomic E-state index is 0.236. The number of halogens is 10. The van der Waals surface area contributed by atoms with E-state index in [9.17, 15) is 39.9 Å². The fourth-order valence-electron chi connectivity index (χ4n) is 4.25. The Hall–Kier alpha value is -2.34. The second kappa shape index (κ2) is 9.20. The third kappa shape index (κ3) is 4.81. The topological polar surface area (TPSA) is 45.2 Å². The molecule has 2 aliphatic rings. The third-order valence-electron chi connectivity index (χ3n) is 6.43. The molecule has 1 aromatic heterocycles. The summed E-state index contributed by atoms with van der Waals surface area (Å²) < 4.78 is 113. The van der Waals surface area contributed by atoms with Crippen molar-refractivity contribution in [3.63, 3.8) is 0 Å². The van der Waals surface area contributed by atoms with E-state index in [1.165, 1.54) is 0 Å². The van der Waals surface area contributed by atoms with E-state index in [1.807, 2.05) is 0 Å². The van der Waals surface area contributed by atoms with Gasteiger partial charge in [0.1, 0.15) is 22.1 Å². The number of nitrogens with zero attached hydrogens (tertiary/aromatic N) is 2. The van der Waals surface area contributed by atoms with E-state index in [1.54, 1.807) is 0 Å². The van der Waals surface area contributed by atoms with Gasteiger partial charge in [-0.3, -0.25) is 4.79 Å². The van der Waals surface area contributed by atoms with E-state index in [-0.39, 0.29) is 17.4 Å². The molecule has 1 aliphatic heterocycles. The van der Waals surface area contributed by atoms with Crippen molar-refractivity contribution < 1.29 is 39.9 Å². The summed E-state index contributed by atoms with van der Waals surface area (Å²) in [5.41, 5.74) is -5.48. The van der Waals surface area contributed by atoms with Gasteiger partial charge in [0.2, 0.25) is 5.91 Å². The van der Waals surface area contributed by atoms with E-state index in [4.69, 9.17) is 23.2 Å². The lowest BCUT2D eigenvalue weighted by Crippen LogP contribution is -2.45. The Morgan fingerprint density at radius 2 is 1.78 bits per heavy atom. The minimum atomic E-state index is -5.09. The van der Waals surface area contributed by atoms with Crippen LogP contribution in [0.25, 0.3) is 0 Å². The fraction of sp³-hybridized carbons (Fsp3) is 0.455. The van der Waals surface area contributed by atoms with Gasteiger partial charge in [-0.05, 0) is 31.4 Å². The van der Waals surface area contributed by atoms with E-state index < -0.39 is 82.4 Å². The largest absolute Gasteiger partial charge is 0.416 e. The molecule has 4 nitrogen and oxygen atoms in total. The van der Waals surface area contributed by atoms with Crippen LogP contribution in [0.15, 0.2) is 18.3 Å². The molecule has 1 aliphatic carbocycles. The Labute approximate surface area is 209 Å². The predicted molar refractivity (Wildman–Crippen MR) is 115 cm³/mol. The maximum Gasteiger partial charge on any atom is 0.416 e. The number of benzene rings is 1. The van der Waals surface area contributed by atoms with Gasteiger partial charge in [0.15, 0.2) is 5.82 Å². The van der Waals surface area contributed by atoms with Gasteiger partial charge in [-0.2, -0.15) is 26.3 Å². The Morgan fingerprint density at radius 3 is 2.36 bits per heavy atom. The van der Waals surface area contributed by atoms with Crippen LogP contribution in [-0.4, -0.2) is 30.2 Å². The van der Waals surface area contributed by atoms with Gasteiger partial charge < -0.3 is 10.2 Å². The number of alkyl halides is 6. The summed E-state index contributed by atoms with van der Waals surface area (Å²) in [7, 11) is 0. The lowest BCUT2D eigenvalue weighted by atomic mass is 9.78. The number of amides is 1. The molecule has 1 aromatic carbocycles. The first kappa shape index (κ1) is 26.7. The van der Waals surface area contributed by atoms with Gasteiger partial charge in [-0.25, -0.2) is 13.8 Å². The average molecular weight is 562 g/mol. The minimum Gasteiger partial charge on any atom is -0.355 e. The fourth-order valence-corrected chi connectivity index (χ4v) is 4.71. The number of anilines is 1. The van der Waals surface area contributed by atoms with Crippen molar-refractivity contribution in [1.82, 2.24) is 10.3 Å². The lowest BCUT2D eigenvalue weighted by Gasteiger charge is -2.33. The number of hydrogen-bond donors (Lipinski definition) is 1. The molecule has 1 N–H and O–H groups in total. The molecule has 2 fully saturated rings. The van der Waals surface area contributed by atoms with E-state index in [0.29, 0.717) is 25.0 Å². The van der Waals surface area contributed by atoms with Crippen molar-refractivity contribution in [3.8, 4) is 0 Å². The van der Waals surface area contributed by atoms with Crippen LogP contribution >= 0.6 is 23.2 Å². The van der Waals surface area contributed by atoms with Gasteiger partial charge in [-0.1, -0.05) is 23.2 Å². The van der Waals surface area contributed by atoms with E-state index in [0.717, 1.165) is 11.1 Å². The van der Waals surface area contributed by atoms with Crippen LogP contribution in [-0.2, 0) is 22.9 Å². The highest BCUT2D eigenvalue weighted by Crippen LogP contribution is 2.51. The number of carbonyl (C=O) groups is 1. The highest BCUT2D eigenvalue weighted by atomic mass is 35.5. The Balaban J connectivity index is 1.69. The quantitative estimate of drug-likeness (QED) is 0.260. The summed E-state index contributed by atoms with van der Waals surface area (Å²) in [4.78, 5) is 16.6. The number of nitrogens with one attached hydrogen (secondary N) is 1. The highest BCUT2D eigenvalue weighted by Gasteiger charge is 2.61. The summed E-state index contributed by atoms with van der Waals surface area (Å²) in [5, 5.41) is 0.361. The molecule has 4 rings (SSSR count). The summed E-state index contributed by atoms with van der Waals surface area (Å²) >= 11 is 11.1. The predicted octanol–water partition coefficient (Wildman–Crippen LogP) is 6.42. The van der Waals surface area contributed by atoms with Crippen LogP contribution in [0.1, 0.15) is 36.0 Å². The maximum absolute atomic E-state index is 14.7. The van der Waals surface area contributed by atoms with Crippen molar-refractivity contribution in [1.29, 1.82) is 0 Å². The standard InChI is InChI=1S/C22H17Cl2F8N3O/c23-14-5-13(17(25)16(24)18(14)26)20(22(30,31)32)3-4-35(9-20)15-6-12(21(27,28)29)11(7-33-15)8-34-19(36)10-1-2-10/h5-7,10H,1-4,8-9H2,(H,34,36). The van der Waals surface area contributed by atoms with Gasteiger partial charge >= 0.3 is 12.4 Å². The number of pyridine rings is 1. The van der Waals surface area contributed by atoms with Crippen LogP contribution in [0.5, 0.6) is 0 Å². The maximum atomic E-state index is 14.7. The SMILES string of the molecule is O=C(NCc1cnc(N2CCC(c3cc(Cl)c(F)c(Cl)c3F)(C(F)(F)F)C2)cc1C(F)(F)F)C1CC1. The first-order valence-electron chi connectivity index (χ1n) is 10.6. The van der Waals surface area contributed by atoms with Crippen LogP contribution in [0.4, 0.5) is 40.9 Å². The number of hydrogen-bond acceptors (Lipinski definition) is 3. The van der Waals surface area contributed by atoms with Gasteiger partial charge in [0.25, 0.3) is 0 Å². The number of rotatable bonds is 5. The summed E-state index contributed by atoms with van der Waals surface area (Å²) in [6, 6.07) is 1.08. The molecule has 0 radical (unpaired) electrons. The summed E-state index contributed by atoms with van der Waals surface area (Å²) in [5.74, 6) is -4.12. The molecule has 2 aromatic rings. The Morgan fingerprint density at radius 1 is 1.11 bits per heavy atom. The second-order valence-corrected chi connectivity index (χ2v) is 9.57. The molecular weight excluding hydrogens is 545 g/mol. The smallest absolute Gasteiger partial charge is 0.355 e. The van der Waals surface area contributed by atoms with Gasteiger partial charge in [-0.15, -0.1) is 0 Å². The molecule has 1 amide bonds. The van der Waals surface area contributed by atoms with Crippen molar-refractivity contribution >= 4 is 34.9 Å². The van der Waals surface area contributed by atoms with Crippen LogP contribution in [0.3, 0.4) is 0 Å².